The van der Waals surface area contributed by atoms with Crippen LogP contribution in [0, 0.1) is 0 Å². The van der Waals surface area contributed by atoms with Gasteiger partial charge in [0.05, 0.1) is 19.8 Å². The van der Waals surface area contributed by atoms with Crippen LogP contribution < -0.4 is 0 Å². The Morgan fingerprint density at radius 2 is 1.25 bits per heavy atom. The Kier molecular flexibility index (Phi) is 19.8. The normalized spacial score (nSPS) is 16.6. The Balaban J connectivity index is 2.14. The van der Waals surface area contributed by atoms with Crippen LogP contribution in [0.25, 0.3) is 0 Å². The van der Waals surface area contributed by atoms with E-state index in [9.17, 15) is 15.0 Å². The molecule has 7 heteroatoms. The number of carbonyl (C=O) groups excluding carboxylic acids is 1. The molecule has 0 aromatic heterocycles. The first-order chi connectivity index (χ1) is 17.5. The standard InChI is InChI=1S/C29H55NO6/c1-4-5-6-7-8-9-10-11-12-13-14-15-16-17-18-19-22-34-27-26(25(32)24-31)36-29(33)28(27)35-23-20-21-30(2)3/h25-26,31-32H,4-24H2,1-3H3/t25-,26+/m0/s1. The monoisotopic (exact) mass is 513 g/mol. The van der Waals surface area contributed by atoms with E-state index in [1.165, 1.54) is 89.9 Å². The van der Waals surface area contributed by atoms with E-state index >= 15 is 0 Å². The maximum Gasteiger partial charge on any atom is 0.378 e. The van der Waals surface area contributed by atoms with E-state index in [1.54, 1.807) is 0 Å². The highest BCUT2D eigenvalue weighted by molar-refractivity contribution is 5.89. The molecule has 0 fully saturated rings. The fourth-order valence-electron chi connectivity index (χ4n) is 4.47. The second kappa shape index (κ2) is 21.7. The molecule has 0 aromatic rings. The summed E-state index contributed by atoms with van der Waals surface area (Å²) in [7, 11) is 3.95. The van der Waals surface area contributed by atoms with Gasteiger partial charge in [-0.15, -0.1) is 0 Å². The number of carbonyl (C=O) groups is 1. The molecule has 0 bridgehead atoms. The van der Waals surface area contributed by atoms with Gasteiger partial charge in [-0.05, 0) is 26.9 Å². The first-order valence-corrected chi connectivity index (χ1v) is 14.7. The Hall–Kier alpha value is -1.31. The lowest BCUT2D eigenvalue weighted by atomic mass is 10.0. The zero-order valence-electron chi connectivity index (χ0n) is 23.5. The molecule has 7 nitrogen and oxygen atoms in total. The molecule has 0 aromatic carbocycles. The fraction of sp³-hybridized carbons (Fsp3) is 0.897. The van der Waals surface area contributed by atoms with Crippen molar-refractivity contribution in [3.8, 4) is 0 Å². The number of rotatable bonds is 25. The Labute approximate surface area is 220 Å². The van der Waals surface area contributed by atoms with Gasteiger partial charge in [-0.2, -0.15) is 0 Å². The fourth-order valence-corrected chi connectivity index (χ4v) is 4.47. The van der Waals surface area contributed by atoms with Crippen LogP contribution >= 0.6 is 0 Å². The van der Waals surface area contributed by atoms with Crippen LogP contribution in [-0.4, -0.2) is 73.8 Å². The number of aliphatic hydroxyl groups excluding tert-OH is 2. The van der Waals surface area contributed by atoms with Gasteiger partial charge >= 0.3 is 5.97 Å². The molecular weight excluding hydrogens is 458 g/mol. The molecule has 0 spiro atoms. The van der Waals surface area contributed by atoms with Crippen LogP contribution in [0.5, 0.6) is 0 Å². The third-order valence-corrected chi connectivity index (χ3v) is 6.69. The molecule has 1 aliphatic rings. The van der Waals surface area contributed by atoms with Gasteiger partial charge in [-0.3, -0.25) is 0 Å². The van der Waals surface area contributed by atoms with Gasteiger partial charge in [-0.1, -0.05) is 103 Å². The van der Waals surface area contributed by atoms with Gasteiger partial charge in [0, 0.05) is 6.54 Å². The summed E-state index contributed by atoms with van der Waals surface area (Å²) < 4.78 is 16.7. The van der Waals surface area contributed by atoms with Crippen LogP contribution in [0.1, 0.15) is 116 Å². The van der Waals surface area contributed by atoms with Crippen molar-refractivity contribution in [1.82, 2.24) is 4.90 Å². The van der Waals surface area contributed by atoms with Gasteiger partial charge < -0.3 is 29.3 Å². The second-order valence-corrected chi connectivity index (χ2v) is 10.4. The molecule has 0 amide bonds. The van der Waals surface area contributed by atoms with E-state index in [4.69, 9.17) is 14.2 Å². The highest BCUT2D eigenvalue weighted by Gasteiger charge is 2.41. The first-order valence-electron chi connectivity index (χ1n) is 14.7. The van der Waals surface area contributed by atoms with E-state index < -0.39 is 24.8 Å². The minimum atomic E-state index is -1.22. The smallest absolute Gasteiger partial charge is 0.378 e. The molecule has 0 unspecified atom stereocenters. The van der Waals surface area contributed by atoms with Crippen LogP contribution in [0.3, 0.4) is 0 Å². The third kappa shape index (κ3) is 15.1. The molecule has 212 valence electrons. The molecule has 1 rings (SSSR count). The maximum absolute atomic E-state index is 12.2. The summed E-state index contributed by atoms with van der Waals surface area (Å²) in [6, 6.07) is 0. The van der Waals surface area contributed by atoms with Crippen molar-refractivity contribution < 1.29 is 29.2 Å². The Bertz CT molecular complexity index is 580. The predicted octanol–water partition coefficient (Wildman–Crippen LogP) is 5.72. The number of aliphatic hydroxyl groups is 2. The number of hydrogen-bond acceptors (Lipinski definition) is 7. The number of cyclic esters (lactones) is 1. The molecule has 1 aliphatic heterocycles. The molecular formula is C29H55NO6. The zero-order valence-corrected chi connectivity index (χ0v) is 23.5. The lowest BCUT2D eigenvalue weighted by Gasteiger charge is -2.18. The molecule has 0 saturated carbocycles. The van der Waals surface area contributed by atoms with Crippen molar-refractivity contribution in [2.45, 2.75) is 128 Å². The van der Waals surface area contributed by atoms with Crippen molar-refractivity contribution in [2.24, 2.45) is 0 Å². The van der Waals surface area contributed by atoms with Crippen LogP contribution in [0.2, 0.25) is 0 Å². The number of nitrogens with zero attached hydrogens (tertiary/aromatic N) is 1. The number of esters is 1. The largest absolute Gasteiger partial charge is 0.490 e. The van der Waals surface area contributed by atoms with Crippen molar-refractivity contribution >= 4 is 5.97 Å². The first kappa shape index (κ1) is 32.7. The summed E-state index contributed by atoms with van der Waals surface area (Å²) in [6.45, 7) is 3.38. The van der Waals surface area contributed by atoms with Crippen LogP contribution in [-0.2, 0) is 19.0 Å². The summed E-state index contributed by atoms with van der Waals surface area (Å²) in [5.41, 5.74) is 0. The summed E-state index contributed by atoms with van der Waals surface area (Å²) >= 11 is 0. The lowest BCUT2D eigenvalue weighted by molar-refractivity contribution is -0.148. The van der Waals surface area contributed by atoms with E-state index in [0.29, 0.717) is 13.2 Å². The molecule has 0 radical (unpaired) electrons. The van der Waals surface area contributed by atoms with Gasteiger partial charge in [0.1, 0.15) is 6.10 Å². The highest BCUT2D eigenvalue weighted by Crippen LogP contribution is 2.28. The van der Waals surface area contributed by atoms with Gasteiger partial charge in [0.2, 0.25) is 5.76 Å². The summed E-state index contributed by atoms with van der Waals surface area (Å²) in [5.74, 6) is -0.394. The molecule has 1 heterocycles. The van der Waals surface area contributed by atoms with Crippen molar-refractivity contribution in [3.05, 3.63) is 11.5 Å². The number of hydrogen-bond donors (Lipinski definition) is 2. The van der Waals surface area contributed by atoms with Crippen LogP contribution in [0.15, 0.2) is 11.5 Å². The molecule has 2 atom stereocenters. The van der Waals surface area contributed by atoms with Gasteiger partial charge in [0.15, 0.2) is 11.9 Å². The Morgan fingerprint density at radius 3 is 1.72 bits per heavy atom. The minimum Gasteiger partial charge on any atom is -0.490 e. The van der Waals surface area contributed by atoms with E-state index in [-0.39, 0.29) is 11.5 Å². The molecule has 0 aliphatic carbocycles. The molecule has 0 saturated heterocycles. The molecule has 2 N–H and O–H groups in total. The van der Waals surface area contributed by atoms with E-state index in [1.807, 2.05) is 19.0 Å². The van der Waals surface area contributed by atoms with Crippen molar-refractivity contribution in [2.75, 3.05) is 40.5 Å². The van der Waals surface area contributed by atoms with E-state index in [2.05, 4.69) is 6.92 Å². The topological polar surface area (TPSA) is 88.5 Å². The van der Waals surface area contributed by atoms with Crippen LogP contribution in [0.4, 0.5) is 0 Å². The average molecular weight is 514 g/mol. The minimum absolute atomic E-state index is 0.0303. The summed E-state index contributed by atoms with van der Waals surface area (Å²) in [4.78, 5) is 14.3. The highest BCUT2D eigenvalue weighted by atomic mass is 16.6. The quantitative estimate of drug-likeness (QED) is 0.119. The third-order valence-electron chi connectivity index (χ3n) is 6.69. The average Bonchev–Trinajstić information content (AvgIpc) is 3.18. The van der Waals surface area contributed by atoms with E-state index in [0.717, 1.165) is 25.8 Å². The van der Waals surface area contributed by atoms with Gasteiger partial charge in [0.25, 0.3) is 0 Å². The maximum atomic E-state index is 12.2. The lowest BCUT2D eigenvalue weighted by Crippen LogP contribution is -2.32. The van der Waals surface area contributed by atoms with Gasteiger partial charge in [-0.25, -0.2) is 4.79 Å². The number of ether oxygens (including phenoxy) is 3. The summed E-state index contributed by atoms with van der Waals surface area (Å²) in [6.07, 6.45) is 19.4. The number of unbranched alkanes of at least 4 members (excludes halogenated alkanes) is 15. The zero-order chi connectivity index (χ0) is 26.4. The second-order valence-electron chi connectivity index (χ2n) is 10.4. The van der Waals surface area contributed by atoms with Crippen molar-refractivity contribution in [1.29, 1.82) is 0 Å². The Morgan fingerprint density at radius 1 is 0.778 bits per heavy atom. The SMILES string of the molecule is CCCCCCCCCCCCCCCCCCOC1=C(OCCCN(C)C)C(=O)O[C@@H]1[C@@H](O)CO. The summed E-state index contributed by atoms with van der Waals surface area (Å²) in [5, 5.41) is 19.4. The molecule has 36 heavy (non-hydrogen) atoms. The predicted molar refractivity (Wildman–Crippen MR) is 145 cm³/mol. The van der Waals surface area contributed by atoms with Crippen molar-refractivity contribution in [3.63, 3.8) is 0 Å².